The summed E-state index contributed by atoms with van der Waals surface area (Å²) in [6.45, 7) is 48.4. The van der Waals surface area contributed by atoms with Gasteiger partial charge in [0.15, 0.2) is 19.8 Å². The molecule has 4 aromatic carbocycles. The van der Waals surface area contributed by atoms with Crippen LogP contribution in [0.1, 0.15) is 318 Å². The molecule has 4 aliphatic rings. The lowest BCUT2D eigenvalue weighted by molar-refractivity contribution is -0.409. The van der Waals surface area contributed by atoms with Crippen molar-refractivity contribution >= 4 is 85.0 Å². The number of carbonyl (C=O) groups is 5. The average Bonchev–Trinajstić information content (AvgIpc) is 1.78. The second-order valence-corrected chi connectivity index (χ2v) is 57.7. The molecule has 29 heteroatoms. The molecular formula is C102H165Cl2F6N3O14SSi3. The molecule has 746 valence electrons. The maximum absolute atomic E-state index is 14.2. The molecule has 4 saturated carbocycles. The molecule has 17 nitrogen and oxygen atoms in total. The highest BCUT2D eigenvalue weighted by Gasteiger charge is 2.52. The van der Waals surface area contributed by atoms with Gasteiger partial charge < -0.3 is 71.2 Å². The van der Waals surface area contributed by atoms with Crippen molar-refractivity contribution in [3.05, 3.63) is 142 Å². The van der Waals surface area contributed by atoms with Gasteiger partial charge in [0.1, 0.15) is 12.1 Å². The predicted molar refractivity (Wildman–Crippen MR) is 524 cm³/mol. The number of aliphatic carboxylic acids is 1. The molecule has 0 spiro atoms. The van der Waals surface area contributed by atoms with Crippen LogP contribution in [0.5, 0.6) is 0 Å². The van der Waals surface area contributed by atoms with Gasteiger partial charge in [-0.3, -0.25) is 19.2 Å². The van der Waals surface area contributed by atoms with Gasteiger partial charge in [0, 0.05) is 18.3 Å². The molecule has 4 aromatic rings. The van der Waals surface area contributed by atoms with Gasteiger partial charge in [-0.1, -0.05) is 260 Å². The number of hydrogen-bond donors (Lipinski definition) is 5. The fourth-order valence-electron chi connectivity index (χ4n) is 20.8. The molecule has 0 saturated heterocycles. The van der Waals surface area contributed by atoms with Crippen LogP contribution in [0.2, 0.25) is 49.9 Å². The van der Waals surface area contributed by atoms with Gasteiger partial charge in [-0.05, 0) is 244 Å². The number of ether oxygens (including phenoxy) is 4. The normalized spacial score (nSPS) is 20.1. The van der Waals surface area contributed by atoms with Crippen LogP contribution in [0.3, 0.4) is 0 Å². The smallest absolute Gasteiger partial charge is 0.407 e. The highest BCUT2D eigenvalue weighted by atomic mass is 35.5. The number of carboxylic acids is 1. The first-order valence-corrected chi connectivity index (χ1v) is 54.9. The van der Waals surface area contributed by atoms with Crippen LogP contribution in [-0.4, -0.2) is 158 Å². The zero-order valence-corrected chi connectivity index (χ0v) is 88.8. The van der Waals surface area contributed by atoms with E-state index in [1.807, 2.05) is 90.2 Å². The summed E-state index contributed by atoms with van der Waals surface area (Å²) in [5.74, 6) is -13.1. The lowest BCUT2D eigenvalue weighted by atomic mass is 9.93. The minimum Gasteiger partial charge on any atom is -1.00 e. The molecule has 8 rings (SSSR count). The van der Waals surface area contributed by atoms with E-state index in [9.17, 15) is 60.5 Å². The Labute approximate surface area is 803 Å². The summed E-state index contributed by atoms with van der Waals surface area (Å²) in [4.78, 5) is 59.6. The van der Waals surface area contributed by atoms with Crippen molar-refractivity contribution < 1.29 is 111 Å². The maximum atomic E-state index is 14.2. The molecule has 0 aliphatic heterocycles. The number of carboxylic acid groups (broad SMARTS) is 1. The van der Waals surface area contributed by atoms with E-state index in [1.165, 1.54) is 55.2 Å². The monoisotopic (exact) mass is 1960 g/mol. The number of hydrogen-bond acceptors (Lipinski definition) is 14. The third-order valence-corrected chi connectivity index (χ3v) is 46.4. The van der Waals surface area contributed by atoms with E-state index < -0.39 is 141 Å². The number of nitrogens with one attached hydrogen (secondary N) is 2. The summed E-state index contributed by atoms with van der Waals surface area (Å²) in [5.41, 5.74) is 16.4. The molecule has 0 heterocycles. The topological polar surface area (TPSA) is 242 Å². The zero-order chi connectivity index (χ0) is 97.1. The number of aliphatic hydroxyl groups is 1. The Hall–Kier alpha value is -5.47. The van der Waals surface area contributed by atoms with E-state index in [2.05, 4.69) is 160 Å². The number of aliphatic hydroxyl groups excluding tert-OH is 1. The Morgan fingerprint density at radius 3 is 0.908 bits per heavy atom. The Balaban J connectivity index is 0.000000456. The molecular weight excluding hydrogens is 1790 g/mol. The Morgan fingerprint density at radius 2 is 0.664 bits per heavy atom. The molecule has 0 radical (unpaired) electrons. The predicted octanol–water partition coefficient (Wildman–Crippen LogP) is 21.9. The van der Waals surface area contributed by atoms with Crippen molar-refractivity contribution in [1.82, 2.24) is 10.6 Å². The van der Waals surface area contributed by atoms with E-state index in [1.54, 1.807) is 48.5 Å². The number of rotatable bonds is 43. The summed E-state index contributed by atoms with van der Waals surface area (Å²) in [6.07, 6.45) is 17.0. The number of carbonyl (C=O) groups excluding carboxylic acids is 4. The summed E-state index contributed by atoms with van der Waals surface area (Å²) in [5, 5.41) is 23.4. The summed E-state index contributed by atoms with van der Waals surface area (Å²) < 4.78 is 123. The Morgan fingerprint density at radius 1 is 0.412 bits per heavy atom. The van der Waals surface area contributed by atoms with Gasteiger partial charge in [-0.25, -0.2) is 22.4 Å². The largest absolute Gasteiger partial charge is 1.00 e. The second kappa shape index (κ2) is 54.6. The Bertz CT molecular complexity index is 3990. The van der Waals surface area contributed by atoms with Crippen molar-refractivity contribution in [3.8, 4) is 0 Å². The zero-order valence-electron chi connectivity index (χ0n) is 83.5. The van der Waals surface area contributed by atoms with E-state index in [0.717, 1.165) is 92.0 Å². The standard InChI is InChI=1S/C32H53F2NO5Si.C28H45F2NO3SSi.C24H40O3Si.C18H25F2NO3.2ClH/c1-21(2)41(22(3)4,23(5)6)40-28-13-11-12-27(28)18-25-14-16-26(17-15-25)24(7)29(36)38-20-32(33,34)19-35-30(37)39-31(8,9)10;1-19(2)36(20(3)4,21(5)6)34-26-10-8-9-25(26)15-23-11-13-24(14-12-23)22(7)27(32)33-17-28(29,30)16-31-18-35;1-16(2)28(17(3)4,18(5)6)27-23-10-8-9-22(23)15-20-11-13-21(14-12-20)19(7)24(25)26;1-12(17(23)24-11-18(19,20)10-21)14-7-5-13(6-8-14)9-15-3-2-4-16(15)22;;/h14-17,21-24,27-28H,11-13,18-20H2,1-10H3,(H,35,37);11-14,18-22,25-26H,8-10,15-17H2,1-7H3,(H,31,35);11-14,16-19,22-23H,8-10,15H2,1-7H3,(H,25,26);5-8,12,15-16,22H,2-4,9-11,21H2,1H3;2*1H/t24?,27-,28+;22?,25-,26+;19?,22-,23+;12?,15-,16+;;/m1111../s1. The summed E-state index contributed by atoms with van der Waals surface area (Å²) in [6, 6.07) is 31.4. The van der Waals surface area contributed by atoms with Crippen molar-refractivity contribution in [2.45, 2.75) is 397 Å². The fourth-order valence-corrected chi connectivity index (χ4v) is 37.8. The molecule has 0 bridgehead atoms. The van der Waals surface area contributed by atoms with E-state index in [4.69, 9.17) is 32.2 Å². The summed E-state index contributed by atoms with van der Waals surface area (Å²) >= 11 is 4.49. The number of alkyl carbamates (subject to hydrolysis) is 1. The number of quaternary nitrogens is 1. The van der Waals surface area contributed by atoms with Crippen LogP contribution in [0.15, 0.2) is 97.1 Å². The first-order chi connectivity index (χ1) is 60.1. The van der Waals surface area contributed by atoms with Crippen LogP contribution in [0, 0.1) is 23.7 Å². The van der Waals surface area contributed by atoms with Crippen molar-refractivity contribution in [1.29, 1.82) is 0 Å². The number of benzene rings is 4. The lowest BCUT2D eigenvalue weighted by Crippen LogP contribution is -3.00. The molecule has 1 amide bonds. The molecule has 7 N–H and O–H groups in total. The first-order valence-electron chi connectivity index (χ1n) is 48.0. The molecule has 0 aromatic heterocycles. The minimum atomic E-state index is -3.42. The average molecular weight is 1960 g/mol. The highest BCUT2D eigenvalue weighted by Crippen LogP contribution is 2.50. The maximum Gasteiger partial charge on any atom is 0.407 e. The SMILES string of the molecule is CC(C(=O)O)c1ccc(C[C@H]2CCC[C@@H]2O[Si](C(C)C)(C(C)C)C(C)C)cc1.CC(C(=O)OCC(F)(F)CNC(=O)OC(C)(C)C)c1ccc(C[C@H]2CCC[C@@H]2O[Si](C(C)C)(C(C)C)C(C)C)cc1.CC(C(=O)OCC(F)(F)CNC=S)c1ccc(C[C@H]2CCC[C@@H]2O[Si](C(C)C)(C(C)C)C(C)C)cc1.CC(C(=O)OCC(F)(F)C[NH3+])c1ccc(C[C@H]2CCC[C@@H]2O)cc1.Cl.[Cl-]. The van der Waals surface area contributed by atoms with Gasteiger partial charge in [0.05, 0.1) is 48.4 Å². The summed E-state index contributed by atoms with van der Waals surface area (Å²) in [7, 11) is -5.75. The highest BCUT2D eigenvalue weighted by molar-refractivity contribution is 7.78. The van der Waals surface area contributed by atoms with E-state index >= 15 is 0 Å². The van der Waals surface area contributed by atoms with Crippen molar-refractivity contribution in [2.75, 3.05) is 39.5 Å². The fraction of sp³-hybridized carbons (Fsp3) is 0.706. The minimum absolute atomic E-state index is 0. The van der Waals surface area contributed by atoms with Gasteiger partial charge in [0.25, 0.3) is 11.8 Å². The van der Waals surface area contributed by atoms with Crippen LogP contribution >= 0.6 is 24.6 Å². The van der Waals surface area contributed by atoms with Crippen LogP contribution in [0.25, 0.3) is 0 Å². The molecule has 131 heavy (non-hydrogen) atoms. The number of alkyl halides is 6. The number of esters is 3. The van der Waals surface area contributed by atoms with Crippen LogP contribution in [0.4, 0.5) is 31.1 Å². The molecule has 4 aliphatic carbocycles. The molecule has 12 atom stereocenters. The molecule has 4 unspecified atom stereocenters. The van der Waals surface area contributed by atoms with Crippen molar-refractivity contribution in [3.63, 3.8) is 0 Å². The van der Waals surface area contributed by atoms with Crippen LogP contribution in [-0.2, 0) is 77.1 Å². The van der Waals surface area contributed by atoms with E-state index in [0.29, 0.717) is 91.3 Å². The first kappa shape index (κ1) is 120. The van der Waals surface area contributed by atoms with E-state index in [-0.39, 0.29) is 37.0 Å². The van der Waals surface area contributed by atoms with Gasteiger partial charge in [-0.2, -0.15) is 8.78 Å². The van der Waals surface area contributed by atoms with Crippen molar-refractivity contribution in [2.24, 2.45) is 23.7 Å². The molecule has 4 fully saturated rings. The second-order valence-electron chi connectivity index (χ2n) is 41.3. The Kier molecular flexibility index (Phi) is 49.9. The van der Waals surface area contributed by atoms with Gasteiger partial charge >= 0.3 is 35.9 Å². The third kappa shape index (κ3) is 35.8. The lowest BCUT2D eigenvalue weighted by Gasteiger charge is -2.45. The van der Waals surface area contributed by atoms with Gasteiger partial charge in [-0.15, -0.1) is 12.4 Å². The third-order valence-electron chi connectivity index (χ3n) is 27.9. The quantitative estimate of drug-likeness (QED) is 0.00910. The van der Waals surface area contributed by atoms with Gasteiger partial charge in [0.2, 0.25) is 25.0 Å². The number of halogens is 8. The number of amides is 1. The number of thiocarbonyl (C=S) groups is 1. The van der Waals surface area contributed by atoms with Crippen LogP contribution < -0.4 is 28.8 Å².